The molecule has 0 aromatic heterocycles. The number of allylic oxidation sites excluding steroid dienone is 2. The molecule has 0 saturated heterocycles. The molecule has 1 aromatic carbocycles. The summed E-state index contributed by atoms with van der Waals surface area (Å²) in [4.78, 5) is 11.8. The number of hydrogen-bond acceptors (Lipinski definition) is 1. The monoisotopic (exact) mass is 227 g/mol. The molecule has 2 nitrogen and oxygen atoms in total. The Kier molecular flexibility index (Phi) is 3.14. The lowest BCUT2D eigenvalue weighted by Crippen LogP contribution is -2.17. The van der Waals surface area contributed by atoms with Crippen LogP contribution in [0.3, 0.4) is 0 Å². The summed E-state index contributed by atoms with van der Waals surface area (Å²) in [5.41, 5.74) is 5.23. The number of amides is 1. The first kappa shape index (κ1) is 11.6. The van der Waals surface area contributed by atoms with Crippen LogP contribution in [0, 0.1) is 0 Å². The number of hydrogen-bond donors (Lipinski definition) is 1. The van der Waals surface area contributed by atoms with Gasteiger partial charge in [-0.05, 0) is 37.0 Å². The summed E-state index contributed by atoms with van der Waals surface area (Å²) in [6.45, 7) is 6.07. The smallest absolute Gasteiger partial charge is 0.251 e. The molecule has 0 spiro atoms. The Hall–Kier alpha value is -1.83. The van der Waals surface area contributed by atoms with Crippen LogP contribution in [0.25, 0.3) is 5.57 Å². The van der Waals surface area contributed by atoms with Crippen LogP contribution in [0.15, 0.2) is 47.2 Å². The van der Waals surface area contributed by atoms with Crippen LogP contribution in [0.2, 0.25) is 0 Å². The van der Waals surface area contributed by atoms with E-state index >= 15 is 0 Å². The molecule has 1 amide bonds. The Morgan fingerprint density at radius 3 is 2.41 bits per heavy atom. The zero-order valence-corrected chi connectivity index (χ0v) is 10.5. The lowest BCUT2D eigenvalue weighted by Gasteiger charge is -2.08. The third kappa shape index (κ3) is 2.03. The second kappa shape index (κ2) is 4.58. The summed E-state index contributed by atoms with van der Waals surface area (Å²) in [6.07, 6.45) is 0.781. The molecular weight excluding hydrogens is 210 g/mol. The highest BCUT2D eigenvalue weighted by atomic mass is 16.1. The minimum absolute atomic E-state index is 0.0512. The highest BCUT2D eigenvalue weighted by molar-refractivity contribution is 6.02. The Morgan fingerprint density at radius 1 is 1.24 bits per heavy atom. The predicted molar refractivity (Wildman–Crippen MR) is 70.2 cm³/mol. The Labute approximate surface area is 102 Å². The molecule has 1 aliphatic rings. The zero-order valence-electron chi connectivity index (χ0n) is 10.5. The lowest BCUT2D eigenvalue weighted by molar-refractivity contribution is -0.116. The maximum atomic E-state index is 11.8. The first-order valence-corrected chi connectivity index (χ1v) is 5.93. The van der Waals surface area contributed by atoms with Gasteiger partial charge in [-0.3, -0.25) is 4.79 Å². The fourth-order valence-electron chi connectivity index (χ4n) is 2.24. The van der Waals surface area contributed by atoms with Crippen molar-refractivity contribution in [1.29, 1.82) is 0 Å². The summed E-state index contributed by atoms with van der Waals surface area (Å²) in [5, 5.41) is 2.97. The molecule has 0 fully saturated rings. The van der Waals surface area contributed by atoms with Crippen molar-refractivity contribution < 1.29 is 4.79 Å². The van der Waals surface area contributed by atoms with Crippen molar-refractivity contribution in [3.8, 4) is 0 Å². The highest BCUT2D eigenvalue weighted by Gasteiger charge is 2.24. The molecule has 0 aliphatic carbocycles. The number of benzene rings is 1. The molecule has 1 heterocycles. The summed E-state index contributed by atoms with van der Waals surface area (Å²) in [6, 6.07) is 10.1. The number of carbonyl (C=O) groups excluding carboxylic acids is 1. The van der Waals surface area contributed by atoms with E-state index in [1.54, 1.807) is 0 Å². The molecule has 0 unspecified atom stereocenters. The van der Waals surface area contributed by atoms with Crippen LogP contribution >= 0.6 is 0 Å². The average Bonchev–Trinajstić information content (AvgIpc) is 2.64. The van der Waals surface area contributed by atoms with Crippen molar-refractivity contribution in [3.63, 3.8) is 0 Å². The largest absolute Gasteiger partial charge is 0.322 e. The topological polar surface area (TPSA) is 29.1 Å². The molecule has 0 radical (unpaired) electrons. The molecular formula is C15H17NO. The predicted octanol–water partition coefficient (Wildman–Crippen LogP) is 3.27. The first-order valence-electron chi connectivity index (χ1n) is 5.93. The number of nitrogens with one attached hydrogen (secondary N) is 1. The molecule has 0 saturated carbocycles. The van der Waals surface area contributed by atoms with Gasteiger partial charge in [0.2, 0.25) is 0 Å². The summed E-state index contributed by atoms with van der Waals surface area (Å²) >= 11 is 0. The van der Waals surface area contributed by atoms with E-state index in [0.29, 0.717) is 0 Å². The molecule has 0 bridgehead atoms. The van der Waals surface area contributed by atoms with E-state index in [1.165, 1.54) is 0 Å². The van der Waals surface area contributed by atoms with E-state index in [1.807, 2.05) is 39.0 Å². The zero-order chi connectivity index (χ0) is 12.4. The molecule has 17 heavy (non-hydrogen) atoms. The van der Waals surface area contributed by atoms with Crippen molar-refractivity contribution >= 4 is 11.5 Å². The van der Waals surface area contributed by atoms with Gasteiger partial charge >= 0.3 is 0 Å². The fraction of sp³-hybridized carbons (Fsp3) is 0.267. The van der Waals surface area contributed by atoms with Gasteiger partial charge in [0, 0.05) is 11.3 Å². The Balaban J connectivity index is 2.49. The third-order valence-corrected chi connectivity index (χ3v) is 3.28. The van der Waals surface area contributed by atoms with Gasteiger partial charge < -0.3 is 5.32 Å². The number of rotatable bonds is 2. The van der Waals surface area contributed by atoms with Crippen LogP contribution in [-0.2, 0) is 4.79 Å². The maximum absolute atomic E-state index is 11.8. The molecule has 1 N–H and O–H groups in total. The van der Waals surface area contributed by atoms with Gasteiger partial charge in [0.25, 0.3) is 5.91 Å². The van der Waals surface area contributed by atoms with Crippen LogP contribution in [-0.4, -0.2) is 5.91 Å². The summed E-state index contributed by atoms with van der Waals surface area (Å²) in [5.74, 6) is 0.0512. The molecule has 88 valence electrons. The number of carbonyl (C=O) groups is 1. The summed E-state index contributed by atoms with van der Waals surface area (Å²) in [7, 11) is 0. The molecule has 0 atom stereocenters. The first-order chi connectivity index (χ1) is 8.15. The van der Waals surface area contributed by atoms with E-state index in [2.05, 4.69) is 17.4 Å². The van der Waals surface area contributed by atoms with Crippen molar-refractivity contribution in [2.75, 3.05) is 0 Å². The maximum Gasteiger partial charge on any atom is 0.251 e. The molecule has 2 rings (SSSR count). The second-order valence-electron chi connectivity index (χ2n) is 4.28. The van der Waals surface area contributed by atoms with Gasteiger partial charge in [0.05, 0.1) is 0 Å². The molecule has 2 heteroatoms. The van der Waals surface area contributed by atoms with Crippen molar-refractivity contribution in [2.24, 2.45) is 0 Å². The van der Waals surface area contributed by atoms with E-state index in [-0.39, 0.29) is 5.91 Å². The van der Waals surface area contributed by atoms with E-state index in [4.69, 9.17) is 0 Å². The average molecular weight is 227 g/mol. The van der Waals surface area contributed by atoms with Gasteiger partial charge in [0.1, 0.15) is 0 Å². The SMILES string of the molecule is CCC1=C(C)/C(=C(/C)c2ccccc2)NC1=O. The molecule has 1 aromatic rings. The standard InChI is InChI=1S/C15H17NO/c1-4-13-11(3)14(16-15(13)17)10(2)12-8-6-5-7-9-12/h5-9H,4H2,1-3H3,(H,16,17)/b14-10+. The van der Waals surface area contributed by atoms with Crippen LogP contribution in [0.5, 0.6) is 0 Å². The van der Waals surface area contributed by atoms with Crippen LogP contribution in [0.4, 0.5) is 0 Å². The van der Waals surface area contributed by atoms with Gasteiger partial charge in [-0.1, -0.05) is 37.3 Å². The lowest BCUT2D eigenvalue weighted by atomic mass is 10.0. The van der Waals surface area contributed by atoms with Gasteiger partial charge in [0.15, 0.2) is 0 Å². The van der Waals surface area contributed by atoms with Crippen LogP contribution < -0.4 is 5.32 Å². The minimum atomic E-state index is 0.0512. The second-order valence-corrected chi connectivity index (χ2v) is 4.28. The third-order valence-electron chi connectivity index (χ3n) is 3.28. The Morgan fingerprint density at radius 2 is 1.88 bits per heavy atom. The van der Waals surface area contributed by atoms with Crippen molar-refractivity contribution in [3.05, 3.63) is 52.7 Å². The normalized spacial score (nSPS) is 18.4. The van der Waals surface area contributed by atoms with E-state index in [9.17, 15) is 4.79 Å². The quantitative estimate of drug-likeness (QED) is 0.825. The van der Waals surface area contributed by atoms with Gasteiger partial charge in [-0.2, -0.15) is 0 Å². The van der Waals surface area contributed by atoms with Gasteiger partial charge in [-0.25, -0.2) is 0 Å². The highest BCUT2D eigenvalue weighted by Crippen LogP contribution is 2.28. The van der Waals surface area contributed by atoms with E-state index in [0.717, 1.165) is 34.4 Å². The summed E-state index contributed by atoms with van der Waals surface area (Å²) < 4.78 is 0. The van der Waals surface area contributed by atoms with Crippen molar-refractivity contribution in [2.45, 2.75) is 27.2 Å². The fourth-order valence-corrected chi connectivity index (χ4v) is 2.24. The van der Waals surface area contributed by atoms with Crippen molar-refractivity contribution in [1.82, 2.24) is 5.32 Å². The Bertz CT molecular complexity index is 509. The van der Waals surface area contributed by atoms with Gasteiger partial charge in [-0.15, -0.1) is 0 Å². The van der Waals surface area contributed by atoms with Crippen LogP contribution in [0.1, 0.15) is 32.8 Å². The minimum Gasteiger partial charge on any atom is -0.322 e. The molecule has 1 aliphatic heterocycles. The van der Waals surface area contributed by atoms with E-state index < -0.39 is 0 Å².